The van der Waals surface area contributed by atoms with Crippen molar-refractivity contribution in [1.29, 1.82) is 0 Å². The lowest BCUT2D eigenvalue weighted by Crippen LogP contribution is -2.31. The summed E-state index contributed by atoms with van der Waals surface area (Å²) in [6.07, 6.45) is 0.892. The number of halogens is 1. The standard InChI is InChI=1S/C26H22FNO3S/c1-2-15-31-22-13-11-19(12-14-22)23-24(32-17-18-7-4-3-5-8-18)26(30)28(25(23)29)21-10-6-9-20(27)16-21/h3-14,16H,2,15,17H2,1H3. The minimum Gasteiger partial charge on any atom is -0.494 e. The second-order valence-corrected chi connectivity index (χ2v) is 8.26. The third-order valence-electron chi connectivity index (χ3n) is 4.95. The highest BCUT2D eigenvalue weighted by Crippen LogP contribution is 2.40. The van der Waals surface area contributed by atoms with Crippen LogP contribution in [0.15, 0.2) is 83.8 Å². The van der Waals surface area contributed by atoms with Crippen LogP contribution in [0.4, 0.5) is 10.1 Å². The molecule has 0 saturated carbocycles. The molecule has 1 aliphatic rings. The summed E-state index contributed by atoms with van der Waals surface area (Å²) in [5.74, 6) is -0.171. The molecule has 2 amide bonds. The number of carbonyl (C=O) groups is 2. The molecule has 4 rings (SSSR count). The van der Waals surface area contributed by atoms with Crippen molar-refractivity contribution in [2.45, 2.75) is 19.1 Å². The molecular formula is C26H22FNO3S. The van der Waals surface area contributed by atoms with Gasteiger partial charge in [-0.3, -0.25) is 9.59 Å². The Balaban J connectivity index is 1.70. The van der Waals surface area contributed by atoms with Crippen LogP contribution in [0.2, 0.25) is 0 Å². The van der Waals surface area contributed by atoms with Crippen LogP contribution in [-0.4, -0.2) is 18.4 Å². The SMILES string of the molecule is CCCOc1ccc(C2=C(SCc3ccccc3)C(=O)N(c3cccc(F)c3)C2=O)cc1. The largest absolute Gasteiger partial charge is 0.494 e. The van der Waals surface area contributed by atoms with Gasteiger partial charge in [0.1, 0.15) is 11.6 Å². The van der Waals surface area contributed by atoms with Crippen LogP contribution in [0.1, 0.15) is 24.5 Å². The number of ether oxygens (including phenoxy) is 1. The van der Waals surface area contributed by atoms with Crippen LogP contribution in [0, 0.1) is 5.82 Å². The molecular weight excluding hydrogens is 425 g/mol. The second kappa shape index (κ2) is 9.83. The van der Waals surface area contributed by atoms with Crippen molar-refractivity contribution in [1.82, 2.24) is 0 Å². The maximum absolute atomic E-state index is 13.8. The first kappa shape index (κ1) is 21.8. The molecule has 0 saturated heterocycles. The summed E-state index contributed by atoms with van der Waals surface area (Å²) in [6, 6.07) is 22.4. The van der Waals surface area contributed by atoms with Crippen molar-refractivity contribution >= 4 is 34.8 Å². The number of thioether (sulfide) groups is 1. The smallest absolute Gasteiger partial charge is 0.272 e. The van der Waals surface area contributed by atoms with Crippen LogP contribution in [0.25, 0.3) is 5.57 Å². The molecule has 32 heavy (non-hydrogen) atoms. The topological polar surface area (TPSA) is 46.6 Å². The molecule has 1 aliphatic heterocycles. The summed E-state index contributed by atoms with van der Waals surface area (Å²) in [5, 5.41) is 0. The lowest BCUT2D eigenvalue weighted by atomic mass is 10.1. The molecule has 0 bridgehead atoms. The number of carbonyl (C=O) groups excluding carboxylic acids is 2. The van der Waals surface area contributed by atoms with Gasteiger partial charge < -0.3 is 4.74 Å². The minimum absolute atomic E-state index is 0.218. The number of imide groups is 1. The average molecular weight is 448 g/mol. The average Bonchev–Trinajstić information content (AvgIpc) is 3.06. The van der Waals surface area contributed by atoms with E-state index in [0.29, 0.717) is 34.2 Å². The lowest BCUT2D eigenvalue weighted by molar-refractivity contribution is -0.119. The van der Waals surface area contributed by atoms with E-state index < -0.39 is 17.6 Å². The van der Waals surface area contributed by atoms with Crippen molar-refractivity contribution in [3.63, 3.8) is 0 Å². The number of nitrogens with zero attached hydrogens (tertiary/aromatic N) is 1. The normalized spacial score (nSPS) is 13.8. The highest BCUT2D eigenvalue weighted by atomic mass is 32.2. The highest BCUT2D eigenvalue weighted by molar-refractivity contribution is 8.03. The van der Waals surface area contributed by atoms with E-state index >= 15 is 0 Å². The summed E-state index contributed by atoms with van der Waals surface area (Å²) < 4.78 is 19.5. The van der Waals surface area contributed by atoms with Crippen molar-refractivity contribution in [2.24, 2.45) is 0 Å². The van der Waals surface area contributed by atoms with Crippen molar-refractivity contribution in [3.8, 4) is 5.75 Å². The third-order valence-corrected chi connectivity index (χ3v) is 6.09. The molecule has 0 atom stereocenters. The fourth-order valence-electron chi connectivity index (χ4n) is 3.42. The van der Waals surface area contributed by atoms with Crippen molar-refractivity contribution < 1.29 is 18.7 Å². The Morgan fingerprint density at radius 2 is 1.66 bits per heavy atom. The quantitative estimate of drug-likeness (QED) is 0.408. The third kappa shape index (κ3) is 4.60. The van der Waals surface area contributed by atoms with Gasteiger partial charge in [-0.25, -0.2) is 9.29 Å². The predicted octanol–water partition coefficient (Wildman–Crippen LogP) is 5.83. The first-order chi connectivity index (χ1) is 15.6. The molecule has 0 N–H and O–H groups in total. The molecule has 1 heterocycles. The summed E-state index contributed by atoms with van der Waals surface area (Å²) >= 11 is 1.32. The Labute approximate surface area is 190 Å². The Hall–Kier alpha value is -3.38. The van der Waals surface area contributed by atoms with Crippen molar-refractivity contribution in [2.75, 3.05) is 11.5 Å². The molecule has 6 heteroatoms. The number of rotatable bonds is 8. The van der Waals surface area contributed by atoms with Gasteiger partial charge in [-0.1, -0.05) is 55.5 Å². The van der Waals surface area contributed by atoms with E-state index in [4.69, 9.17) is 4.74 Å². The molecule has 3 aromatic carbocycles. The number of amides is 2. The minimum atomic E-state index is -0.507. The number of anilines is 1. The maximum atomic E-state index is 13.8. The molecule has 4 nitrogen and oxygen atoms in total. The zero-order valence-corrected chi connectivity index (χ0v) is 18.4. The van der Waals surface area contributed by atoms with Gasteiger partial charge in [0.05, 0.1) is 22.8 Å². The van der Waals surface area contributed by atoms with E-state index in [2.05, 4.69) is 0 Å². The first-order valence-electron chi connectivity index (χ1n) is 10.4. The first-order valence-corrected chi connectivity index (χ1v) is 11.4. The van der Waals surface area contributed by atoms with E-state index in [9.17, 15) is 14.0 Å². The molecule has 0 radical (unpaired) electrons. The van der Waals surface area contributed by atoms with Gasteiger partial charge in [0.25, 0.3) is 11.8 Å². The van der Waals surface area contributed by atoms with Crippen LogP contribution >= 0.6 is 11.8 Å². The molecule has 0 fully saturated rings. The Kier molecular flexibility index (Phi) is 6.71. The second-order valence-electron chi connectivity index (χ2n) is 7.28. The van der Waals surface area contributed by atoms with Crippen LogP contribution in [0.5, 0.6) is 5.75 Å². The molecule has 0 unspecified atom stereocenters. The Bertz CT molecular complexity index is 1160. The predicted molar refractivity (Wildman–Crippen MR) is 126 cm³/mol. The van der Waals surface area contributed by atoms with E-state index in [1.54, 1.807) is 30.3 Å². The van der Waals surface area contributed by atoms with Crippen LogP contribution in [0.3, 0.4) is 0 Å². The summed E-state index contributed by atoms with van der Waals surface area (Å²) in [7, 11) is 0. The van der Waals surface area contributed by atoms with Crippen LogP contribution in [-0.2, 0) is 15.3 Å². The number of hydrogen-bond donors (Lipinski definition) is 0. The highest BCUT2D eigenvalue weighted by Gasteiger charge is 2.40. The van der Waals surface area contributed by atoms with E-state index in [1.165, 1.54) is 30.0 Å². The molecule has 3 aromatic rings. The van der Waals surface area contributed by atoms with Gasteiger partial charge in [0.15, 0.2) is 0 Å². The lowest BCUT2D eigenvalue weighted by Gasteiger charge is -2.15. The molecule has 162 valence electrons. The number of benzene rings is 3. The molecule has 0 aliphatic carbocycles. The zero-order chi connectivity index (χ0) is 22.5. The summed E-state index contributed by atoms with van der Waals surface area (Å²) in [4.78, 5) is 28.1. The van der Waals surface area contributed by atoms with E-state index in [1.807, 2.05) is 37.3 Å². The van der Waals surface area contributed by atoms with E-state index in [-0.39, 0.29) is 5.69 Å². The monoisotopic (exact) mass is 447 g/mol. The summed E-state index contributed by atoms with van der Waals surface area (Å²) in [5.41, 5.74) is 2.21. The Morgan fingerprint density at radius 1 is 0.906 bits per heavy atom. The summed E-state index contributed by atoms with van der Waals surface area (Å²) in [6.45, 7) is 2.63. The van der Waals surface area contributed by atoms with Gasteiger partial charge in [0.2, 0.25) is 0 Å². The van der Waals surface area contributed by atoms with Crippen molar-refractivity contribution in [3.05, 3.63) is 101 Å². The van der Waals surface area contributed by atoms with Gasteiger partial charge in [-0.05, 0) is 47.9 Å². The van der Waals surface area contributed by atoms with E-state index in [0.717, 1.165) is 16.9 Å². The van der Waals surface area contributed by atoms with Gasteiger partial charge in [-0.2, -0.15) is 0 Å². The molecule has 0 aromatic heterocycles. The maximum Gasteiger partial charge on any atom is 0.272 e. The number of hydrogen-bond acceptors (Lipinski definition) is 4. The van der Waals surface area contributed by atoms with Crippen LogP contribution < -0.4 is 9.64 Å². The fraction of sp³-hybridized carbons (Fsp3) is 0.154. The van der Waals surface area contributed by atoms with Gasteiger partial charge in [0, 0.05) is 5.75 Å². The van der Waals surface area contributed by atoms with Gasteiger partial charge in [-0.15, -0.1) is 11.8 Å². The van der Waals surface area contributed by atoms with Gasteiger partial charge >= 0.3 is 0 Å². The Morgan fingerprint density at radius 3 is 2.34 bits per heavy atom. The molecule has 0 spiro atoms. The fourth-order valence-corrected chi connectivity index (χ4v) is 4.48. The zero-order valence-electron chi connectivity index (χ0n) is 17.6.